The van der Waals surface area contributed by atoms with Gasteiger partial charge in [0.05, 0.1) is 29.3 Å². The number of carbonyl (C=O) groups excluding carboxylic acids is 2. The first-order chi connectivity index (χ1) is 15.1. The van der Waals surface area contributed by atoms with Gasteiger partial charge in [-0.1, -0.05) is 36.0 Å². The van der Waals surface area contributed by atoms with Gasteiger partial charge in [0.25, 0.3) is 0 Å². The lowest BCUT2D eigenvalue weighted by atomic mass is 10.1. The van der Waals surface area contributed by atoms with E-state index in [0.29, 0.717) is 16.4 Å². The molecule has 0 spiro atoms. The van der Waals surface area contributed by atoms with E-state index in [1.54, 1.807) is 18.2 Å². The SMILES string of the molecule is CC(=O)c1cccc(N2C(SCC(=O)Nc3cccc(C)c3C)=N[C@H]3CS(=O)(=O)C[C@H]32)c1. The van der Waals surface area contributed by atoms with Gasteiger partial charge >= 0.3 is 0 Å². The Kier molecular flexibility index (Phi) is 6.13. The third-order valence-electron chi connectivity index (χ3n) is 5.85. The van der Waals surface area contributed by atoms with Crippen LogP contribution in [-0.2, 0) is 14.6 Å². The number of anilines is 2. The number of thioether (sulfide) groups is 1. The predicted molar refractivity (Wildman–Crippen MR) is 130 cm³/mol. The zero-order chi connectivity index (χ0) is 23.0. The lowest BCUT2D eigenvalue weighted by molar-refractivity contribution is -0.113. The molecule has 7 nitrogen and oxygen atoms in total. The number of nitrogens with zero attached hydrogens (tertiary/aromatic N) is 2. The molecule has 0 bridgehead atoms. The Bertz CT molecular complexity index is 1220. The van der Waals surface area contributed by atoms with Crippen LogP contribution in [0.25, 0.3) is 0 Å². The number of rotatable bonds is 5. The van der Waals surface area contributed by atoms with Gasteiger partial charge in [-0.2, -0.15) is 0 Å². The minimum Gasteiger partial charge on any atom is -0.325 e. The first-order valence-corrected chi connectivity index (χ1v) is 13.1. The smallest absolute Gasteiger partial charge is 0.234 e. The summed E-state index contributed by atoms with van der Waals surface area (Å²) in [5.41, 5.74) is 4.15. The van der Waals surface area contributed by atoms with Gasteiger partial charge in [-0.05, 0) is 50.1 Å². The topological polar surface area (TPSA) is 95.9 Å². The number of aryl methyl sites for hydroxylation is 1. The van der Waals surface area contributed by atoms with Crippen molar-refractivity contribution < 1.29 is 18.0 Å². The summed E-state index contributed by atoms with van der Waals surface area (Å²) in [6.07, 6.45) is 0. The van der Waals surface area contributed by atoms with Crippen LogP contribution in [0.2, 0.25) is 0 Å². The number of Topliss-reactive ketones (excluding diaryl/α,β-unsaturated/α-hetero) is 1. The molecule has 1 N–H and O–H groups in total. The molecule has 0 radical (unpaired) electrons. The maximum Gasteiger partial charge on any atom is 0.234 e. The second kappa shape index (κ2) is 8.71. The first kappa shape index (κ1) is 22.5. The van der Waals surface area contributed by atoms with E-state index >= 15 is 0 Å². The normalized spacial score (nSPS) is 21.2. The first-order valence-electron chi connectivity index (χ1n) is 10.3. The fraction of sp³-hybridized carbons (Fsp3) is 0.348. The quantitative estimate of drug-likeness (QED) is 0.673. The van der Waals surface area contributed by atoms with E-state index in [9.17, 15) is 18.0 Å². The van der Waals surface area contributed by atoms with Gasteiger partial charge in [0.15, 0.2) is 20.8 Å². The predicted octanol–water partition coefficient (Wildman–Crippen LogP) is 3.22. The average Bonchev–Trinajstić information content (AvgIpc) is 3.21. The standard InChI is InChI=1S/C23H25N3O4S2/c1-14-6-4-9-19(15(14)2)24-22(28)11-31-23-25-20-12-32(29,30)13-21(20)26(23)18-8-5-7-17(10-18)16(3)27/h4-10,20-21H,11-13H2,1-3H3,(H,24,28)/t20-,21+/m0/s1. The second-order valence-electron chi connectivity index (χ2n) is 8.18. The van der Waals surface area contributed by atoms with Gasteiger partial charge in [-0.3, -0.25) is 14.6 Å². The monoisotopic (exact) mass is 471 g/mol. The van der Waals surface area contributed by atoms with E-state index in [4.69, 9.17) is 0 Å². The number of hydrogen-bond acceptors (Lipinski definition) is 7. The van der Waals surface area contributed by atoms with E-state index in [2.05, 4.69) is 10.3 Å². The zero-order valence-corrected chi connectivity index (χ0v) is 19.8. The molecule has 2 aliphatic heterocycles. The number of amidine groups is 1. The molecule has 2 aliphatic rings. The van der Waals surface area contributed by atoms with Crippen molar-refractivity contribution in [1.82, 2.24) is 0 Å². The number of nitrogens with one attached hydrogen (secondary N) is 1. The van der Waals surface area contributed by atoms with Crippen molar-refractivity contribution in [2.75, 3.05) is 27.5 Å². The van der Waals surface area contributed by atoms with Crippen molar-refractivity contribution in [2.24, 2.45) is 4.99 Å². The maximum absolute atomic E-state index is 12.6. The molecule has 2 aromatic rings. The third kappa shape index (κ3) is 4.59. The van der Waals surface area contributed by atoms with Gasteiger partial charge in [0, 0.05) is 16.9 Å². The molecule has 9 heteroatoms. The number of sulfone groups is 1. The Morgan fingerprint density at radius 3 is 2.66 bits per heavy atom. The highest BCUT2D eigenvalue weighted by molar-refractivity contribution is 8.14. The number of ketones is 1. The van der Waals surface area contributed by atoms with Crippen LogP contribution in [0.1, 0.15) is 28.4 Å². The largest absolute Gasteiger partial charge is 0.325 e. The second-order valence-corrected chi connectivity index (χ2v) is 11.3. The van der Waals surface area contributed by atoms with Gasteiger partial charge in [0.1, 0.15) is 0 Å². The molecular weight excluding hydrogens is 446 g/mol. The highest BCUT2D eigenvalue weighted by Gasteiger charge is 2.47. The summed E-state index contributed by atoms with van der Waals surface area (Å²) in [5, 5.41) is 3.55. The minimum atomic E-state index is -3.18. The maximum atomic E-state index is 12.6. The summed E-state index contributed by atoms with van der Waals surface area (Å²) in [6.45, 7) is 5.45. The number of carbonyl (C=O) groups is 2. The zero-order valence-electron chi connectivity index (χ0n) is 18.2. The molecule has 32 heavy (non-hydrogen) atoms. The Morgan fingerprint density at radius 2 is 1.91 bits per heavy atom. The van der Waals surface area contributed by atoms with E-state index in [1.807, 2.05) is 43.0 Å². The van der Waals surface area contributed by atoms with Crippen molar-refractivity contribution in [1.29, 1.82) is 0 Å². The number of aliphatic imine (C=N–C) groups is 1. The van der Waals surface area contributed by atoms with Crippen LogP contribution in [0, 0.1) is 13.8 Å². The summed E-state index contributed by atoms with van der Waals surface area (Å²) in [5.74, 6) is -0.0839. The van der Waals surface area contributed by atoms with Crippen molar-refractivity contribution >= 4 is 49.8 Å². The van der Waals surface area contributed by atoms with Crippen LogP contribution in [0.3, 0.4) is 0 Å². The van der Waals surface area contributed by atoms with E-state index < -0.39 is 9.84 Å². The fourth-order valence-electron chi connectivity index (χ4n) is 4.01. The van der Waals surface area contributed by atoms with Gasteiger partial charge < -0.3 is 10.2 Å². The van der Waals surface area contributed by atoms with E-state index in [0.717, 1.165) is 16.8 Å². The molecule has 4 rings (SSSR count). The molecular formula is C23H25N3O4S2. The average molecular weight is 472 g/mol. The molecule has 2 atom stereocenters. The highest BCUT2D eigenvalue weighted by atomic mass is 32.2. The molecule has 1 saturated heterocycles. The lowest BCUT2D eigenvalue weighted by Crippen LogP contribution is -2.39. The van der Waals surface area contributed by atoms with E-state index in [1.165, 1.54) is 18.7 Å². The lowest BCUT2D eigenvalue weighted by Gasteiger charge is -2.26. The summed E-state index contributed by atoms with van der Waals surface area (Å²) < 4.78 is 24.4. The summed E-state index contributed by atoms with van der Waals surface area (Å²) >= 11 is 1.28. The van der Waals surface area contributed by atoms with Crippen LogP contribution in [-0.4, -0.2) is 54.6 Å². The summed E-state index contributed by atoms with van der Waals surface area (Å²) in [6, 6.07) is 12.2. The van der Waals surface area contributed by atoms with Crippen LogP contribution in [0.5, 0.6) is 0 Å². The molecule has 168 valence electrons. The molecule has 0 saturated carbocycles. The molecule has 2 heterocycles. The Hall–Kier alpha value is -2.65. The minimum absolute atomic E-state index is 0.000685. The fourth-order valence-corrected chi connectivity index (χ4v) is 6.78. The number of hydrogen-bond donors (Lipinski definition) is 1. The molecule has 1 amide bonds. The van der Waals surface area contributed by atoms with Crippen LogP contribution < -0.4 is 10.2 Å². The van der Waals surface area contributed by atoms with Crippen molar-refractivity contribution in [3.63, 3.8) is 0 Å². The van der Waals surface area contributed by atoms with Gasteiger partial charge in [0.2, 0.25) is 5.91 Å². The molecule has 0 unspecified atom stereocenters. The number of fused-ring (bicyclic) bond motifs is 1. The van der Waals surface area contributed by atoms with Crippen LogP contribution >= 0.6 is 11.8 Å². The summed E-state index contributed by atoms with van der Waals surface area (Å²) in [4.78, 5) is 31.0. The van der Waals surface area contributed by atoms with Crippen molar-refractivity contribution in [2.45, 2.75) is 32.9 Å². The van der Waals surface area contributed by atoms with Gasteiger partial charge in [-0.15, -0.1) is 0 Å². The Balaban J connectivity index is 1.54. The highest BCUT2D eigenvalue weighted by Crippen LogP contribution is 2.35. The molecule has 0 aliphatic carbocycles. The molecule has 2 aromatic carbocycles. The number of amides is 1. The molecule has 1 fully saturated rings. The van der Waals surface area contributed by atoms with E-state index in [-0.39, 0.29) is 41.0 Å². The Morgan fingerprint density at radius 1 is 1.16 bits per heavy atom. The van der Waals surface area contributed by atoms with Crippen molar-refractivity contribution in [3.8, 4) is 0 Å². The van der Waals surface area contributed by atoms with Crippen molar-refractivity contribution in [3.05, 3.63) is 59.2 Å². The number of benzene rings is 2. The van der Waals surface area contributed by atoms with Crippen LogP contribution in [0.15, 0.2) is 47.5 Å². The van der Waals surface area contributed by atoms with Crippen LogP contribution in [0.4, 0.5) is 11.4 Å². The molecule has 0 aromatic heterocycles. The third-order valence-corrected chi connectivity index (χ3v) is 8.52. The van der Waals surface area contributed by atoms with Gasteiger partial charge in [-0.25, -0.2) is 8.42 Å². The summed E-state index contributed by atoms with van der Waals surface area (Å²) in [7, 11) is -3.18. The Labute approximate surface area is 192 Å².